The van der Waals surface area contributed by atoms with Crippen molar-refractivity contribution in [2.45, 2.75) is 19.4 Å². The van der Waals surface area contributed by atoms with E-state index in [4.69, 9.17) is 9.53 Å². The molecule has 11 heavy (non-hydrogen) atoms. The fraction of sp³-hybridized carbons (Fsp3) is 0.571. The van der Waals surface area contributed by atoms with Crippen LogP contribution >= 0.6 is 0 Å². The summed E-state index contributed by atoms with van der Waals surface area (Å²) in [4.78, 5) is 9.00. The number of urea groups is 1. The van der Waals surface area contributed by atoms with E-state index in [2.05, 4.69) is 18.0 Å². The molecule has 4 heteroatoms. The Bertz CT molecular complexity index is 149. The number of hydrogen-bond acceptors (Lipinski definition) is 2. The van der Waals surface area contributed by atoms with Crippen LogP contribution in [-0.4, -0.2) is 18.7 Å². The topological polar surface area (TPSA) is 81.6 Å². The molecule has 0 radical (unpaired) electrons. The van der Waals surface area contributed by atoms with Crippen LogP contribution in [0.2, 0.25) is 0 Å². The fourth-order valence-corrected chi connectivity index (χ4v) is 0.575. The molecule has 1 aliphatic heterocycles. The molecule has 1 aliphatic rings. The Labute approximate surface area is 66.2 Å². The van der Waals surface area contributed by atoms with E-state index in [0.717, 1.165) is 13.0 Å². The minimum Gasteiger partial charge on any atom is -0.373 e. The van der Waals surface area contributed by atoms with Gasteiger partial charge in [-0.3, -0.25) is 0 Å². The maximum atomic E-state index is 9.00. The van der Waals surface area contributed by atoms with E-state index in [1.54, 1.807) is 0 Å². The lowest BCUT2D eigenvalue weighted by Crippen LogP contribution is -2.18. The number of amides is 2. The summed E-state index contributed by atoms with van der Waals surface area (Å²) in [5.41, 5.74) is 9.72. The molecule has 1 unspecified atom stereocenters. The molecule has 2 amide bonds. The minimum atomic E-state index is -0.833. The molecule has 4 N–H and O–H groups in total. The number of carbonyl (C=O) groups is 1. The third kappa shape index (κ3) is 12.2. The van der Waals surface area contributed by atoms with Gasteiger partial charge in [-0.15, -0.1) is 6.58 Å². The van der Waals surface area contributed by atoms with Gasteiger partial charge in [-0.2, -0.15) is 0 Å². The van der Waals surface area contributed by atoms with Crippen LogP contribution in [0.5, 0.6) is 0 Å². The second-order valence-electron chi connectivity index (χ2n) is 2.52. The first-order valence-corrected chi connectivity index (χ1v) is 3.33. The van der Waals surface area contributed by atoms with E-state index in [0.29, 0.717) is 6.10 Å². The quantitative estimate of drug-likeness (QED) is 0.449. The lowest BCUT2D eigenvalue weighted by Gasteiger charge is -1.87. The summed E-state index contributed by atoms with van der Waals surface area (Å²) in [5, 5.41) is 0. The van der Waals surface area contributed by atoms with Gasteiger partial charge in [0, 0.05) is 0 Å². The number of hydrogen-bond donors (Lipinski definition) is 2. The van der Waals surface area contributed by atoms with Gasteiger partial charge in [-0.05, 0) is 13.3 Å². The van der Waals surface area contributed by atoms with Gasteiger partial charge in [0.25, 0.3) is 0 Å². The highest BCUT2D eigenvalue weighted by Gasteiger charge is 2.21. The van der Waals surface area contributed by atoms with Crippen molar-refractivity contribution in [3.8, 4) is 0 Å². The third-order valence-corrected chi connectivity index (χ3v) is 0.979. The van der Waals surface area contributed by atoms with Gasteiger partial charge >= 0.3 is 6.03 Å². The average Bonchev–Trinajstić information content (AvgIpc) is 2.45. The molecule has 0 spiro atoms. The zero-order valence-corrected chi connectivity index (χ0v) is 6.67. The fourth-order valence-electron chi connectivity index (χ4n) is 0.575. The number of ether oxygens (including phenoxy) is 1. The predicted molar refractivity (Wildman–Crippen MR) is 42.9 cm³/mol. The van der Waals surface area contributed by atoms with Crippen molar-refractivity contribution in [2.75, 3.05) is 6.61 Å². The summed E-state index contributed by atoms with van der Waals surface area (Å²) in [6.07, 6.45) is 1.58. The van der Waals surface area contributed by atoms with Crippen molar-refractivity contribution in [3.05, 3.63) is 12.2 Å². The molecule has 1 fully saturated rings. The molecule has 0 aliphatic carbocycles. The smallest absolute Gasteiger partial charge is 0.309 e. The normalized spacial score (nSPS) is 19.5. The Morgan fingerprint density at radius 2 is 2.09 bits per heavy atom. The third-order valence-electron chi connectivity index (χ3n) is 0.979. The summed E-state index contributed by atoms with van der Waals surface area (Å²) < 4.78 is 4.96. The van der Waals surface area contributed by atoms with Crippen molar-refractivity contribution >= 4 is 6.03 Å². The SMILES string of the molecule is C=C(C)CC1CO1.NC(N)=O. The van der Waals surface area contributed by atoms with Gasteiger partial charge in [0.1, 0.15) is 0 Å². The monoisotopic (exact) mass is 158 g/mol. The predicted octanol–water partition coefficient (Wildman–Crippen LogP) is 0.375. The number of rotatable bonds is 2. The zero-order chi connectivity index (χ0) is 8.85. The lowest BCUT2D eigenvalue weighted by atomic mass is 10.2. The maximum absolute atomic E-state index is 9.00. The zero-order valence-electron chi connectivity index (χ0n) is 6.67. The van der Waals surface area contributed by atoms with Crippen molar-refractivity contribution < 1.29 is 9.53 Å². The van der Waals surface area contributed by atoms with E-state index in [-0.39, 0.29) is 0 Å². The molecule has 0 aromatic heterocycles. The van der Waals surface area contributed by atoms with Crippen molar-refractivity contribution in [2.24, 2.45) is 11.5 Å². The molecule has 1 rings (SSSR count). The Morgan fingerprint density at radius 1 is 1.73 bits per heavy atom. The highest BCUT2D eigenvalue weighted by molar-refractivity contribution is 5.69. The summed E-state index contributed by atoms with van der Waals surface area (Å²) in [6.45, 7) is 6.74. The van der Waals surface area contributed by atoms with Crippen LogP contribution in [0.15, 0.2) is 12.2 Å². The van der Waals surface area contributed by atoms with E-state index in [9.17, 15) is 0 Å². The molecular weight excluding hydrogens is 144 g/mol. The summed E-state index contributed by atoms with van der Waals surface area (Å²) in [5.74, 6) is 0. The molecule has 0 saturated carbocycles. The standard InChI is InChI=1S/C6H10O.CH4N2O/c1-5(2)3-6-4-7-6;2-1(3)4/h6H,1,3-4H2,2H3;(H4,2,3,4). The van der Waals surface area contributed by atoms with Crippen LogP contribution < -0.4 is 11.5 Å². The van der Waals surface area contributed by atoms with Gasteiger partial charge < -0.3 is 16.2 Å². The van der Waals surface area contributed by atoms with E-state index < -0.39 is 6.03 Å². The first-order chi connectivity index (χ1) is 5.02. The van der Waals surface area contributed by atoms with Gasteiger partial charge in [0.15, 0.2) is 0 Å². The van der Waals surface area contributed by atoms with Crippen LogP contribution in [0, 0.1) is 0 Å². The van der Waals surface area contributed by atoms with E-state index in [1.807, 2.05) is 6.92 Å². The second-order valence-corrected chi connectivity index (χ2v) is 2.52. The maximum Gasteiger partial charge on any atom is 0.309 e. The number of carbonyl (C=O) groups excluding carboxylic acids is 1. The lowest BCUT2D eigenvalue weighted by molar-refractivity contribution is 0.256. The van der Waals surface area contributed by atoms with Crippen LogP contribution in [0.3, 0.4) is 0 Å². The van der Waals surface area contributed by atoms with Crippen LogP contribution in [0.1, 0.15) is 13.3 Å². The summed E-state index contributed by atoms with van der Waals surface area (Å²) in [6, 6.07) is -0.833. The number of epoxide rings is 1. The minimum absolute atomic E-state index is 0.525. The summed E-state index contributed by atoms with van der Waals surface area (Å²) >= 11 is 0. The molecule has 0 bridgehead atoms. The molecule has 1 heterocycles. The van der Waals surface area contributed by atoms with Crippen LogP contribution in [0.25, 0.3) is 0 Å². The van der Waals surface area contributed by atoms with Crippen molar-refractivity contribution in [1.82, 2.24) is 0 Å². The highest BCUT2D eigenvalue weighted by atomic mass is 16.6. The van der Waals surface area contributed by atoms with Crippen molar-refractivity contribution in [3.63, 3.8) is 0 Å². The van der Waals surface area contributed by atoms with Gasteiger partial charge in [-0.25, -0.2) is 4.79 Å². The first kappa shape index (κ1) is 9.97. The first-order valence-electron chi connectivity index (χ1n) is 3.33. The molecule has 1 atom stereocenters. The Hall–Kier alpha value is -1.03. The molecule has 4 nitrogen and oxygen atoms in total. The molecule has 0 aromatic carbocycles. The Kier molecular flexibility index (Phi) is 4.29. The highest BCUT2D eigenvalue weighted by Crippen LogP contribution is 2.16. The number of nitrogens with two attached hydrogens (primary N) is 2. The molecule has 64 valence electrons. The molecule has 0 aromatic rings. The Balaban J connectivity index is 0.000000218. The Morgan fingerprint density at radius 3 is 2.18 bits per heavy atom. The van der Waals surface area contributed by atoms with Gasteiger partial charge in [0.05, 0.1) is 12.7 Å². The van der Waals surface area contributed by atoms with E-state index >= 15 is 0 Å². The summed E-state index contributed by atoms with van der Waals surface area (Å²) in [7, 11) is 0. The van der Waals surface area contributed by atoms with Gasteiger partial charge in [0.2, 0.25) is 0 Å². The molecule has 1 saturated heterocycles. The average molecular weight is 158 g/mol. The van der Waals surface area contributed by atoms with Gasteiger partial charge in [-0.1, -0.05) is 5.57 Å². The second kappa shape index (κ2) is 4.73. The van der Waals surface area contributed by atoms with E-state index in [1.165, 1.54) is 5.57 Å². The molecular formula is C7H14N2O2. The largest absolute Gasteiger partial charge is 0.373 e. The van der Waals surface area contributed by atoms with Crippen molar-refractivity contribution in [1.29, 1.82) is 0 Å². The number of primary amides is 2. The van der Waals surface area contributed by atoms with Crippen LogP contribution in [-0.2, 0) is 4.74 Å². The van der Waals surface area contributed by atoms with Crippen LogP contribution in [0.4, 0.5) is 4.79 Å².